The van der Waals surface area contributed by atoms with Crippen LogP contribution in [0, 0.1) is 0 Å². The summed E-state index contributed by atoms with van der Waals surface area (Å²) >= 11 is 0. The minimum Gasteiger partial charge on any atom is -0.398 e. The van der Waals surface area contributed by atoms with Crippen molar-refractivity contribution in [3.05, 3.63) is 11.8 Å². The molecule has 0 saturated carbocycles. The molecule has 8 heavy (non-hydrogen) atoms. The Balaban J connectivity index is 4.03. The first-order valence-corrected chi connectivity index (χ1v) is 2.32. The van der Waals surface area contributed by atoms with E-state index in [4.69, 9.17) is 10.8 Å². The first kappa shape index (κ1) is 7.43. The summed E-state index contributed by atoms with van der Waals surface area (Å²) in [6.07, 6.45) is 1.32. The van der Waals surface area contributed by atoms with E-state index in [1.54, 1.807) is 6.92 Å². The second-order valence-corrected chi connectivity index (χ2v) is 1.70. The Labute approximate surface area is 47.8 Å². The molecule has 0 fully saturated rings. The fraction of sp³-hybridized carbons (Fsp3) is 0.600. The second kappa shape index (κ2) is 2.13. The maximum absolute atomic E-state index is 12.1. The number of aliphatic hydroxyl groups is 1. The summed E-state index contributed by atoms with van der Waals surface area (Å²) in [5, 5.41) is 8.43. The smallest absolute Gasteiger partial charge is 0.244 e. The van der Waals surface area contributed by atoms with Crippen LogP contribution in [0.2, 0.25) is 0 Å². The zero-order valence-electron chi connectivity index (χ0n) is 4.98. The minimum absolute atomic E-state index is 0.155. The average Bonchev–Trinajstić information content (AvgIpc) is 1.62. The van der Waals surface area contributed by atoms with Crippen molar-refractivity contribution >= 4 is 0 Å². The first-order chi connectivity index (χ1) is 3.48. The molecule has 3 N–H and O–H groups in total. The highest BCUT2D eigenvalue weighted by molar-refractivity contribution is 5.03. The highest BCUT2D eigenvalue weighted by Gasteiger charge is 2.20. The van der Waals surface area contributed by atoms with Crippen molar-refractivity contribution in [2.45, 2.75) is 19.7 Å². The summed E-state index contributed by atoms with van der Waals surface area (Å²) in [5.74, 6) is -2.35. The minimum atomic E-state index is -2.35. The molecule has 0 rings (SSSR count). The molecule has 0 aliphatic rings. The van der Waals surface area contributed by atoms with E-state index < -0.39 is 5.85 Å². The number of halogens is 1. The van der Waals surface area contributed by atoms with Crippen LogP contribution in [0.4, 0.5) is 4.39 Å². The van der Waals surface area contributed by atoms with Crippen LogP contribution in [-0.4, -0.2) is 11.0 Å². The van der Waals surface area contributed by atoms with E-state index in [-0.39, 0.29) is 5.70 Å². The average molecular weight is 119 g/mol. The molecule has 48 valence electrons. The van der Waals surface area contributed by atoms with E-state index in [2.05, 4.69) is 0 Å². The molecular weight excluding hydrogens is 109 g/mol. The van der Waals surface area contributed by atoms with Gasteiger partial charge in [-0.15, -0.1) is 0 Å². The molecule has 0 amide bonds. The molecule has 0 aromatic rings. The Morgan fingerprint density at radius 3 is 2.25 bits per heavy atom. The Morgan fingerprint density at radius 2 is 2.25 bits per heavy atom. The van der Waals surface area contributed by atoms with Crippen molar-refractivity contribution in [1.82, 2.24) is 0 Å². The molecule has 1 unspecified atom stereocenters. The first-order valence-electron chi connectivity index (χ1n) is 2.32. The van der Waals surface area contributed by atoms with Crippen LogP contribution in [0.3, 0.4) is 0 Å². The van der Waals surface area contributed by atoms with Crippen molar-refractivity contribution in [3.8, 4) is 0 Å². The van der Waals surface area contributed by atoms with Gasteiger partial charge in [-0.3, -0.25) is 0 Å². The molecule has 0 aromatic heterocycles. The van der Waals surface area contributed by atoms with Crippen LogP contribution in [0.1, 0.15) is 13.8 Å². The summed E-state index contributed by atoms with van der Waals surface area (Å²) in [5.41, 5.74) is 4.83. The number of rotatable bonds is 1. The van der Waals surface area contributed by atoms with E-state index in [0.717, 1.165) is 6.92 Å². The van der Waals surface area contributed by atoms with Gasteiger partial charge in [0.25, 0.3) is 0 Å². The van der Waals surface area contributed by atoms with E-state index in [0.29, 0.717) is 0 Å². The topological polar surface area (TPSA) is 46.2 Å². The van der Waals surface area contributed by atoms with Crippen LogP contribution in [0.15, 0.2) is 11.8 Å². The van der Waals surface area contributed by atoms with Gasteiger partial charge in [-0.25, -0.2) is 4.39 Å². The van der Waals surface area contributed by atoms with Gasteiger partial charge >= 0.3 is 0 Å². The molecular formula is C5H10FNO. The number of nitrogens with two attached hydrogens (primary N) is 1. The lowest BCUT2D eigenvalue weighted by molar-refractivity contribution is -0.0353. The van der Waals surface area contributed by atoms with Gasteiger partial charge in [0.05, 0.1) is 5.70 Å². The SMILES string of the molecule is C/C=C(/N)C(C)(O)F. The third kappa shape index (κ3) is 1.93. The van der Waals surface area contributed by atoms with Crippen molar-refractivity contribution in [3.63, 3.8) is 0 Å². The quantitative estimate of drug-likeness (QED) is 0.528. The molecule has 1 atom stereocenters. The monoisotopic (exact) mass is 119 g/mol. The predicted octanol–water partition coefficient (Wildman–Crippen LogP) is 0.527. The molecule has 0 radical (unpaired) electrons. The van der Waals surface area contributed by atoms with Crippen LogP contribution in [0.5, 0.6) is 0 Å². The highest BCUT2D eigenvalue weighted by Crippen LogP contribution is 2.10. The Kier molecular flexibility index (Phi) is 1.98. The highest BCUT2D eigenvalue weighted by atomic mass is 19.2. The summed E-state index contributed by atoms with van der Waals surface area (Å²) in [7, 11) is 0. The van der Waals surface area contributed by atoms with E-state index >= 15 is 0 Å². The standard InChI is InChI=1S/C5H10FNO/c1-3-4(7)5(2,6)8/h3,8H,7H2,1-2H3/b4-3+. The molecule has 0 spiro atoms. The lowest BCUT2D eigenvalue weighted by Gasteiger charge is -2.11. The van der Waals surface area contributed by atoms with Gasteiger partial charge in [0.2, 0.25) is 5.85 Å². The zero-order chi connectivity index (χ0) is 6.78. The van der Waals surface area contributed by atoms with E-state index in [1.165, 1.54) is 6.08 Å². The van der Waals surface area contributed by atoms with Crippen molar-refractivity contribution < 1.29 is 9.50 Å². The number of hydrogen-bond acceptors (Lipinski definition) is 2. The normalized spacial score (nSPS) is 20.2. The van der Waals surface area contributed by atoms with E-state index in [1.807, 2.05) is 0 Å². The molecule has 3 heteroatoms. The molecule has 2 nitrogen and oxygen atoms in total. The van der Waals surface area contributed by atoms with Gasteiger partial charge in [0.1, 0.15) is 0 Å². The fourth-order valence-electron chi connectivity index (χ4n) is 0.263. The van der Waals surface area contributed by atoms with Gasteiger partial charge in [-0.2, -0.15) is 0 Å². The molecule has 0 saturated heterocycles. The largest absolute Gasteiger partial charge is 0.398 e. The van der Waals surface area contributed by atoms with Crippen molar-refractivity contribution in [1.29, 1.82) is 0 Å². The van der Waals surface area contributed by atoms with Crippen LogP contribution in [-0.2, 0) is 0 Å². The van der Waals surface area contributed by atoms with Crippen molar-refractivity contribution in [2.75, 3.05) is 0 Å². The summed E-state index contributed by atoms with van der Waals surface area (Å²) in [4.78, 5) is 0. The Bertz CT molecular complexity index is 103. The van der Waals surface area contributed by atoms with Crippen molar-refractivity contribution in [2.24, 2.45) is 5.73 Å². The van der Waals surface area contributed by atoms with Gasteiger partial charge in [-0.05, 0) is 6.92 Å². The molecule has 0 aliphatic heterocycles. The molecule has 0 aliphatic carbocycles. The maximum Gasteiger partial charge on any atom is 0.244 e. The lowest BCUT2D eigenvalue weighted by Crippen LogP contribution is -2.25. The third-order valence-corrected chi connectivity index (χ3v) is 0.838. The summed E-state index contributed by atoms with van der Waals surface area (Å²) in [6.45, 7) is 2.55. The van der Waals surface area contributed by atoms with Gasteiger partial charge in [0.15, 0.2) is 0 Å². The Morgan fingerprint density at radius 1 is 1.88 bits per heavy atom. The molecule has 0 heterocycles. The number of allylic oxidation sites excluding steroid dienone is 1. The predicted molar refractivity (Wildman–Crippen MR) is 29.7 cm³/mol. The maximum atomic E-state index is 12.1. The summed E-state index contributed by atoms with van der Waals surface area (Å²) < 4.78 is 12.1. The third-order valence-electron chi connectivity index (χ3n) is 0.838. The number of hydrogen-bond donors (Lipinski definition) is 2. The van der Waals surface area contributed by atoms with Gasteiger partial charge in [0, 0.05) is 6.92 Å². The lowest BCUT2D eigenvalue weighted by atomic mass is 10.2. The number of alkyl halides is 1. The summed E-state index contributed by atoms with van der Waals surface area (Å²) in [6, 6.07) is 0. The zero-order valence-corrected chi connectivity index (χ0v) is 4.98. The van der Waals surface area contributed by atoms with Crippen LogP contribution >= 0.6 is 0 Å². The Hall–Kier alpha value is -0.570. The fourth-order valence-corrected chi connectivity index (χ4v) is 0.263. The van der Waals surface area contributed by atoms with Gasteiger partial charge in [-0.1, -0.05) is 6.08 Å². The van der Waals surface area contributed by atoms with Crippen LogP contribution < -0.4 is 5.73 Å². The van der Waals surface area contributed by atoms with E-state index in [9.17, 15) is 4.39 Å². The molecule has 0 aromatic carbocycles. The second-order valence-electron chi connectivity index (χ2n) is 1.70. The molecule has 0 bridgehead atoms. The van der Waals surface area contributed by atoms with Crippen LogP contribution in [0.25, 0.3) is 0 Å². The van der Waals surface area contributed by atoms with Gasteiger partial charge < -0.3 is 10.8 Å².